The number of nitrogens with zero attached hydrogens (tertiary/aromatic N) is 4. The third-order valence-corrected chi connectivity index (χ3v) is 3.71. The smallest absolute Gasteiger partial charge is 0.0965 e. The Bertz CT molecular complexity index is 426. The minimum absolute atomic E-state index is 0.104. The van der Waals surface area contributed by atoms with E-state index in [4.69, 9.17) is 4.74 Å². The number of hydrogen-bond donors (Lipinski definition) is 1. The van der Waals surface area contributed by atoms with E-state index in [0.29, 0.717) is 6.10 Å². The van der Waals surface area contributed by atoms with E-state index in [-0.39, 0.29) is 5.54 Å². The molecule has 21 heavy (non-hydrogen) atoms. The third-order valence-electron chi connectivity index (χ3n) is 3.71. The van der Waals surface area contributed by atoms with Crippen LogP contribution in [0.15, 0.2) is 6.20 Å². The Balaban J connectivity index is 1.75. The molecule has 1 aliphatic heterocycles. The fourth-order valence-corrected chi connectivity index (χ4v) is 2.36. The predicted molar refractivity (Wildman–Crippen MR) is 83.1 cm³/mol. The summed E-state index contributed by atoms with van der Waals surface area (Å²) in [5, 5.41) is 11.9. The van der Waals surface area contributed by atoms with Crippen molar-refractivity contribution in [3.63, 3.8) is 0 Å². The van der Waals surface area contributed by atoms with Crippen molar-refractivity contribution < 1.29 is 4.74 Å². The van der Waals surface area contributed by atoms with Crippen LogP contribution in [-0.4, -0.2) is 57.8 Å². The topological polar surface area (TPSA) is 55.2 Å². The summed E-state index contributed by atoms with van der Waals surface area (Å²) in [5.41, 5.74) is 1.10. The third kappa shape index (κ3) is 5.73. The number of rotatable bonds is 6. The van der Waals surface area contributed by atoms with Gasteiger partial charge in [-0.1, -0.05) is 12.1 Å². The lowest BCUT2D eigenvalue weighted by Crippen LogP contribution is -2.43. The van der Waals surface area contributed by atoms with E-state index in [1.54, 1.807) is 0 Å². The molecule has 1 aromatic heterocycles. The fourth-order valence-electron chi connectivity index (χ4n) is 2.36. The van der Waals surface area contributed by atoms with Crippen molar-refractivity contribution in [1.29, 1.82) is 0 Å². The largest absolute Gasteiger partial charge is 0.376 e. The Morgan fingerprint density at radius 2 is 2.19 bits per heavy atom. The van der Waals surface area contributed by atoms with Gasteiger partial charge in [-0.2, -0.15) is 0 Å². The molecule has 2 rings (SSSR count). The van der Waals surface area contributed by atoms with Crippen molar-refractivity contribution in [2.75, 3.05) is 26.2 Å². The van der Waals surface area contributed by atoms with Crippen molar-refractivity contribution in [1.82, 2.24) is 25.2 Å². The van der Waals surface area contributed by atoms with Crippen LogP contribution in [0.3, 0.4) is 0 Å². The van der Waals surface area contributed by atoms with Crippen LogP contribution < -0.4 is 5.32 Å². The highest BCUT2D eigenvalue weighted by atomic mass is 16.5. The number of ether oxygens (including phenoxy) is 1. The highest BCUT2D eigenvalue weighted by molar-refractivity contribution is 4.93. The standard InChI is InChI=1S/C15H29N5O/c1-5-14-12-19(8-9-21-14)6-7-20-11-13(17-18-20)10-16-15(2,3)4/h11,14,16H,5-10,12H2,1-4H3. The number of aromatic nitrogens is 3. The molecule has 0 aliphatic carbocycles. The lowest BCUT2D eigenvalue weighted by Gasteiger charge is -2.32. The van der Waals surface area contributed by atoms with E-state index in [2.05, 4.69) is 48.2 Å². The highest BCUT2D eigenvalue weighted by Crippen LogP contribution is 2.08. The van der Waals surface area contributed by atoms with E-state index >= 15 is 0 Å². The zero-order chi connectivity index (χ0) is 15.3. The molecule has 0 aromatic carbocycles. The van der Waals surface area contributed by atoms with Gasteiger partial charge in [0.15, 0.2) is 0 Å². The average Bonchev–Trinajstić information content (AvgIpc) is 2.90. The van der Waals surface area contributed by atoms with Crippen LogP contribution in [0.1, 0.15) is 39.8 Å². The maximum atomic E-state index is 5.69. The molecule has 1 unspecified atom stereocenters. The summed E-state index contributed by atoms with van der Waals surface area (Å²) in [6.07, 6.45) is 3.51. The summed E-state index contributed by atoms with van der Waals surface area (Å²) in [6, 6.07) is 0. The molecule has 0 radical (unpaired) electrons. The highest BCUT2D eigenvalue weighted by Gasteiger charge is 2.18. The Morgan fingerprint density at radius 1 is 1.38 bits per heavy atom. The second kappa shape index (κ2) is 7.33. The minimum Gasteiger partial charge on any atom is -0.376 e. The van der Waals surface area contributed by atoms with Gasteiger partial charge in [-0.05, 0) is 27.2 Å². The van der Waals surface area contributed by atoms with Crippen molar-refractivity contribution in [3.05, 3.63) is 11.9 Å². The first-order valence-corrected chi connectivity index (χ1v) is 7.94. The van der Waals surface area contributed by atoms with Crippen molar-refractivity contribution >= 4 is 0 Å². The Kier molecular flexibility index (Phi) is 5.72. The molecule has 0 bridgehead atoms. The fraction of sp³-hybridized carbons (Fsp3) is 0.867. The first kappa shape index (κ1) is 16.4. The zero-order valence-electron chi connectivity index (χ0n) is 13.8. The molecule has 0 spiro atoms. The molecule has 0 amide bonds. The van der Waals surface area contributed by atoms with Crippen LogP contribution in [-0.2, 0) is 17.8 Å². The van der Waals surface area contributed by atoms with Crippen LogP contribution in [0.2, 0.25) is 0 Å². The van der Waals surface area contributed by atoms with Crippen LogP contribution >= 0.6 is 0 Å². The second-order valence-corrected chi connectivity index (χ2v) is 6.78. The van der Waals surface area contributed by atoms with Crippen molar-refractivity contribution in [2.24, 2.45) is 0 Å². The van der Waals surface area contributed by atoms with E-state index in [9.17, 15) is 0 Å². The first-order valence-electron chi connectivity index (χ1n) is 7.94. The average molecular weight is 295 g/mol. The summed E-state index contributed by atoms with van der Waals surface area (Å²) in [4.78, 5) is 2.45. The summed E-state index contributed by atoms with van der Waals surface area (Å²) in [5.74, 6) is 0. The van der Waals surface area contributed by atoms with Crippen LogP contribution in [0, 0.1) is 0 Å². The molecule has 1 fully saturated rings. The van der Waals surface area contributed by atoms with Crippen LogP contribution in [0.5, 0.6) is 0 Å². The molecule has 1 N–H and O–H groups in total. The number of hydrogen-bond acceptors (Lipinski definition) is 5. The molecular weight excluding hydrogens is 266 g/mol. The summed E-state index contributed by atoms with van der Waals surface area (Å²) < 4.78 is 7.63. The van der Waals surface area contributed by atoms with Gasteiger partial charge in [-0.15, -0.1) is 5.10 Å². The van der Waals surface area contributed by atoms with Gasteiger partial charge in [-0.25, -0.2) is 0 Å². The summed E-state index contributed by atoms with van der Waals surface area (Å²) >= 11 is 0. The lowest BCUT2D eigenvalue weighted by molar-refractivity contribution is -0.0307. The Morgan fingerprint density at radius 3 is 2.90 bits per heavy atom. The molecule has 0 saturated carbocycles. The van der Waals surface area contributed by atoms with Crippen molar-refractivity contribution in [2.45, 2.75) is 58.8 Å². The zero-order valence-corrected chi connectivity index (χ0v) is 13.8. The number of morpholine rings is 1. The van der Waals surface area contributed by atoms with Gasteiger partial charge in [0.1, 0.15) is 0 Å². The lowest BCUT2D eigenvalue weighted by atomic mass is 10.1. The van der Waals surface area contributed by atoms with Gasteiger partial charge in [-0.3, -0.25) is 9.58 Å². The van der Waals surface area contributed by atoms with E-state index in [0.717, 1.165) is 51.4 Å². The molecule has 1 atom stereocenters. The molecule has 6 heteroatoms. The monoisotopic (exact) mass is 295 g/mol. The van der Waals surface area contributed by atoms with Crippen LogP contribution in [0.25, 0.3) is 0 Å². The maximum absolute atomic E-state index is 5.69. The molecule has 1 aliphatic rings. The predicted octanol–water partition coefficient (Wildman–Crippen LogP) is 1.28. The van der Waals surface area contributed by atoms with Gasteiger partial charge >= 0.3 is 0 Å². The minimum atomic E-state index is 0.104. The summed E-state index contributed by atoms with van der Waals surface area (Å²) in [6.45, 7) is 14.2. The van der Waals surface area contributed by atoms with Gasteiger partial charge in [0.25, 0.3) is 0 Å². The van der Waals surface area contributed by atoms with E-state index in [1.807, 2.05) is 10.9 Å². The SMILES string of the molecule is CCC1CN(CCn2cc(CNC(C)(C)C)nn2)CCO1. The second-order valence-electron chi connectivity index (χ2n) is 6.78. The van der Waals surface area contributed by atoms with Gasteiger partial charge < -0.3 is 10.1 Å². The molecular formula is C15H29N5O. The molecule has 1 saturated heterocycles. The molecule has 120 valence electrons. The summed E-state index contributed by atoms with van der Waals surface area (Å²) in [7, 11) is 0. The maximum Gasteiger partial charge on any atom is 0.0965 e. The van der Waals surface area contributed by atoms with E-state index in [1.165, 1.54) is 0 Å². The molecule has 6 nitrogen and oxygen atoms in total. The van der Waals surface area contributed by atoms with Gasteiger partial charge in [0.2, 0.25) is 0 Å². The molecule has 2 heterocycles. The Labute approximate surface area is 127 Å². The Hall–Kier alpha value is -0.980. The number of nitrogens with one attached hydrogen (secondary N) is 1. The quantitative estimate of drug-likeness (QED) is 0.857. The molecule has 1 aromatic rings. The van der Waals surface area contributed by atoms with Crippen LogP contribution in [0.4, 0.5) is 0 Å². The van der Waals surface area contributed by atoms with E-state index < -0.39 is 0 Å². The van der Waals surface area contributed by atoms with Gasteiger partial charge in [0.05, 0.1) is 24.9 Å². The van der Waals surface area contributed by atoms with Crippen molar-refractivity contribution in [3.8, 4) is 0 Å². The van der Waals surface area contributed by atoms with Gasteiger partial charge in [0, 0.05) is 37.9 Å². The normalized spacial score (nSPS) is 20.9. The first-order chi connectivity index (χ1) is 9.96.